The van der Waals surface area contributed by atoms with Crippen molar-refractivity contribution >= 4 is 40.8 Å². The molecule has 1 aromatic rings. The van der Waals surface area contributed by atoms with Crippen LogP contribution in [0.25, 0.3) is 0 Å². The molecular formula is C11H9F6O4Tl. The molecule has 0 bridgehead atoms. The molecule has 0 radical (unpaired) electrons. The summed E-state index contributed by atoms with van der Waals surface area (Å²) >= 11 is 0.987. The molecule has 0 aliphatic rings. The average molecular weight is 524 g/mol. The van der Waals surface area contributed by atoms with E-state index >= 15 is 0 Å². The number of hydrogen-bond donors (Lipinski definition) is 2. The summed E-state index contributed by atoms with van der Waals surface area (Å²) in [5.74, 6) is -5.51. The summed E-state index contributed by atoms with van der Waals surface area (Å²) < 4.78 is 65.0. The number of halogens is 6. The predicted octanol–water partition coefficient (Wildman–Crippen LogP) is 2.06. The smallest absolute Gasteiger partial charge is 0.475 e. The van der Waals surface area contributed by atoms with E-state index in [1.165, 1.54) is 8.69 Å². The van der Waals surface area contributed by atoms with Crippen molar-refractivity contribution in [1.29, 1.82) is 0 Å². The van der Waals surface area contributed by atoms with Crippen LogP contribution in [0.15, 0.2) is 24.3 Å². The average Bonchev–Trinajstić information content (AvgIpc) is 2.32. The van der Waals surface area contributed by atoms with Gasteiger partial charge in [-0.3, -0.25) is 0 Å². The molecule has 11 heteroatoms. The largest absolute Gasteiger partial charge is 0.490 e. The van der Waals surface area contributed by atoms with Gasteiger partial charge < -0.3 is 10.2 Å². The zero-order valence-electron chi connectivity index (χ0n) is 10.9. The molecule has 0 saturated heterocycles. The molecule has 0 heterocycles. The molecule has 0 amide bonds. The van der Waals surface area contributed by atoms with Gasteiger partial charge in [-0.2, -0.15) is 26.3 Å². The number of hydrogen-bond acceptors (Lipinski definition) is 2. The molecule has 0 aromatic heterocycles. The standard InChI is InChI=1S/C7H7.2C2HF3O2.Tl/c1-7-5-3-2-4-6-7;2*3-2(4,5)1(6)7;/h3-6H,1H3;2*(H,6,7);. The number of aryl methyl sites for hydroxylation is 1. The number of carboxylic acid groups (broad SMARTS) is 2. The van der Waals surface area contributed by atoms with Gasteiger partial charge in [-0.15, -0.1) is 0 Å². The van der Waals surface area contributed by atoms with Gasteiger partial charge in [0.2, 0.25) is 0 Å². The van der Waals surface area contributed by atoms with E-state index in [-0.39, 0.29) is 0 Å². The fourth-order valence-electron chi connectivity index (χ4n) is 0.566. The summed E-state index contributed by atoms with van der Waals surface area (Å²) in [6.07, 6.45) is -10.2. The fraction of sp³-hybridized carbons (Fsp3) is 0.273. The van der Waals surface area contributed by atoms with Gasteiger partial charge in [0.05, 0.1) is 0 Å². The van der Waals surface area contributed by atoms with Crippen molar-refractivity contribution in [2.24, 2.45) is 0 Å². The molecule has 0 unspecified atom stereocenters. The number of carboxylic acids is 2. The van der Waals surface area contributed by atoms with Crippen LogP contribution in [-0.2, 0) is 9.59 Å². The molecule has 0 atom stereocenters. The molecule has 1 aromatic carbocycles. The Kier molecular flexibility index (Phi) is 10.0. The Balaban J connectivity index is 0. The van der Waals surface area contributed by atoms with Gasteiger partial charge in [0.25, 0.3) is 0 Å². The molecule has 2 N–H and O–H groups in total. The second-order valence-electron chi connectivity index (χ2n) is 3.52. The first-order valence-electron chi connectivity index (χ1n) is 5.10. The summed E-state index contributed by atoms with van der Waals surface area (Å²) in [6.45, 7) is 2.12. The van der Waals surface area contributed by atoms with E-state index in [0.29, 0.717) is 0 Å². The van der Waals surface area contributed by atoms with Crippen LogP contribution in [0, 0.1) is 6.92 Å². The van der Waals surface area contributed by atoms with Crippen molar-refractivity contribution in [1.82, 2.24) is 0 Å². The number of benzene rings is 1. The molecule has 0 fully saturated rings. The first-order chi connectivity index (χ1) is 9.67. The number of alkyl halides is 6. The van der Waals surface area contributed by atoms with Crippen molar-refractivity contribution in [2.45, 2.75) is 19.3 Å². The Hall–Kier alpha value is -1.34. The molecule has 0 saturated carbocycles. The van der Waals surface area contributed by atoms with E-state index < -0.39 is 24.3 Å². The van der Waals surface area contributed by atoms with Crippen molar-refractivity contribution in [2.75, 3.05) is 0 Å². The molecule has 1 rings (SSSR count). The molecule has 0 spiro atoms. The maximum absolute atomic E-state index is 10.6. The van der Waals surface area contributed by atoms with Crippen LogP contribution in [0.4, 0.5) is 26.3 Å². The van der Waals surface area contributed by atoms with E-state index in [9.17, 15) is 26.3 Å². The van der Waals surface area contributed by atoms with Crippen LogP contribution >= 0.6 is 0 Å². The first kappa shape index (κ1) is 22.9. The summed E-state index contributed by atoms with van der Waals surface area (Å²) in [5.41, 5.74) is 1.36. The van der Waals surface area contributed by atoms with Crippen molar-refractivity contribution in [3.63, 3.8) is 0 Å². The minimum Gasteiger partial charge on any atom is -0.475 e. The minimum absolute atomic E-state index is 0.987. The summed E-state index contributed by atoms with van der Waals surface area (Å²) in [7, 11) is 0. The quantitative estimate of drug-likeness (QED) is 0.404. The zero-order chi connectivity index (χ0) is 18.1. The van der Waals surface area contributed by atoms with Crippen molar-refractivity contribution < 1.29 is 46.1 Å². The summed E-state index contributed by atoms with van der Waals surface area (Å²) in [4.78, 5) is 17.8. The van der Waals surface area contributed by atoms with Gasteiger partial charge in [0.1, 0.15) is 0 Å². The van der Waals surface area contributed by atoms with Gasteiger partial charge in [-0.05, 0) is 0 Å². The third-order valence-electron chi connectivity index (χ3n) is 1.56. The Morgan fingerprint density at radius 2 is 1.09 bits per heavy atom. The summed E-state index contributed by atoms with van der Waals surface area (Å²) in [6, 6.07) is 8.71. The van der Waals surface area contributed by atoms with Crippen LogP contribution in [-0.4, -0.2) is 60.3 Å². The Morgan fingerprint density at radius 1 is 0.864 bits per heavy atom. The molecule has 122 valence electrons. The first-order valence-corrected chi connectivity index (χ1v) is 7.34. The molecular weight excluding hydrogens is 514 g/mol. The van der Waals surface area contributed by atoms with E-state index in [4.69, 9.17) is 19.8 Å². The fourth-order valence-corrected chi connectivity index (χ4v) is 1.31. The van der Waals surface area contributed by atoms with Gasteiger partial charge in [0.15, 0.2) is 0 Å². The second kappa shape index (κ2) is 9.63. The van der Waals surface area contributed by atoms with Crippen LogP contribution in [0.1, 0.15) is 5.56 Å². The third kappa shape index (κ3) is 13.6. The van der Waals surface area contributed by atoms with Gasteiger partial charge >= 0.3 is 89.9 Å². The minimum atomic E-state index is -5.08. The maximum atomic E-state index is 10.6. The van der Waals surface area contributed by atoms with Crippen molar-refractivity contribution in [3.05, 3.63) is 29.8 Å². The Labute approximate surface area is 136 Å². The van der Waals surface area contributed by atoms with Crippen LogP contribution in [0.3, 0.4) is 0 Å². The molecule has 0 aliphatic heterocycles. The van der Waals surface area contributed by atoms with Gasteiger partial charge in [0, 0.05) is 0 Å². The normalized spacial score (nSPS) is 10.5. The Morgan fingerprint density at radius 3 is 1.23 bits per heavy atom. The molecule has 0 aliphatic carbocycles. The third-order valence-corrected chi connectivity index (χ3v) is 3.06. The monoisotopic (exact) mass is 524 g/mol. The van der Waals surface area contributed by atoms with Crippen LogP contribution < -0.4 is 3.12 Å². The van der Waals surface area contributed by atoms with Crippen LogP contribution in [0.5, 0.6) is 0 Å². The van der Waals surface area contributed by atoms with Gasteiger partial charge in [-0.1, -0.05) is 0 Å². The zero-order valence-corrected chi connectivity index (χ0v) is 15.4. The SMILES string of the molecule is Cc1cc[c]([Tl])cc1.O=C(O)C(F)(F)F.O=C(O)C(F)(F)F. The number of carbonyl (C=O) groups is 2. The van der Waals surface area contributed by atoms with E-state index in [1.807, 2.05) is 0 Å². The Bertz CT molecular complexity index is 436. The maximum Gasteiger partial charge on any atom is 0.490 e. The summed E-state index contributed by atoms with van der Waals surface area (Å²) in [5, 5.41) is 14.2. The number of aliphatic carboxylic acids is 2. The van der Waals surface area contributed by atoms with E-state index in [2.05, 4.69) is 31.2 Å². The molecule has 22 heavy (non-hydrogen) atoms. The van der Waals surface area contributed by atoms with Gasteiger partial charge in [-0.25, -0.2) is 9.59 Å². The topological polar surface area (TPSA) is 74.6 Å². The van der Waals surface area contributed by atoms with Crippen molar-refractivity contribution in [3.8, 4) is 0 Å². The van der Waals surface area contributed by atoms with E-state index in [1.54, 1.807) is 0 Å². The van der Waals surface area contributed by atoms with Crippen LogP contribution in [0.2, 0.25) is 0 Å². The number of rotatable bonds is 0. The second-order valence-corrected chi connectivity index (χ2v) is 6.11. The molecule has 4 nitrogen and oxygen atoms in total. The van der Waals surface area contributed by atoms with E-state index in [0.717, 1.165) is 25.8 Å². The predicted molar refractivity (Wildman–Crippen MR) is 63.9 cm³/mol.